The van der Waals surface area contributed by atoms with Gasteiger partial charge in [0.25, 0.3) is 0 Å². The van der Waals surface area contributed by atoms with Crippen LogP contribution in [0.25, 0.3) is 0 Å². The molecule has 2 aromatic carbocycles. The first-order valence-corrected chi connectivity index (χ1v) is 6.23. The molecule has 2 N–H and O–H groups in total. The van der Waals surface area contributed by atoms with Crippen LogP contribution in [0.5, 0.6) is 5.75 Å². The maximum absolute atomic E-state index is 9.89. The maximum Gasteiger partial charge on any atom is 0.123 e. The van der Waals surface area contributed by atoms with Crippen molar-refractivity contribution in [2.75, 3.05) is 5.32 Å². The number of nitrogens with one attached hydrogen (secondary N) is 1. The number of hydrogen-bond donors (Lipinski definition) is 2. The molecule has 0 spiro atoms. The predicted molar refractivity (Wildman–Crippen MR) is 74.3 cm³/mol. The van der Waals surface area contributed by atoms with Gasteiger partial charge in [-0.25, -0.2) is 0 Å². The zero-order valence-corrected chi connectivity index (χ0v) is 11.2. The number of rotatable bonds is 3. The summed E-state index contributed by atoms with van der Waals surface area (Å²) in [4.78, 5) is 0. The quantitative estimate of drug-likeness (QED) is 0.893. The molecular weight excluding hydrogens is 278 g/mol. The molecule has 0 bridgehead atoms. The lowest BCUT2D eigenvalue weighted by Gasteiger charge is -2.10. The average Bonchev–Trinajstić information content (AvgIpc) is 2.33. The van der Waals surface area contributed by atoms with Gasteiger partial charge in [-0.05, 0) is 40.5 Å². The summed E-state index contributed by atoms with van der Waals surface area (Å²) >= 11 is 3.48. The van der Waals surface area contributed by atoms with E-state index < -0.39 is 0 Å². The van der Waals surface area contributed by atoms with E-state index in [1.54, 1.807) is 0 Å². The second-order valence-corrected chi connectivity index (χ2v) is 4.77. The normalized spacial score (nSPS) is 10.2. The zero-order chi connectivity index (χ0) is 12.3. The van der Waals surface area contributed by atoms with Crippen LogP contribution in [0.15, 0.2) is 46.9 Å². The molecule has 0 aliphatic carbocycles. The molecule has 0 radical (unpaired) electrons. The van der Waals surface area contributed by atoms with Crippen molar-refractivity contribution in [3.05, 3.63) is 58.1 Å². The maximum atomic E-state index is 9.89. The molecule has 0 unspecified atom stereocenters. The summed E-state index contributed by atoms with van der Waals surface area (Å²) in [6.07, 6.45) is 0. The van der Waals surface area contributed by atoms with Crippen molar-refractivity contribution in [2.45, 2.75) is 13.5 Å². The molecule has 2 aromatic rings. The number of benzene rings is 2. The number of anilines is 1. The van der Waals surface area contributed by atoms with Crippen molar-refractivity contribution in [3.63, 3.8) is 0 Å². The highest BCUT2D eigenvalue weighted by atomic mass is 79.9. The summed E-state index contributed by atoms with van der Waals surface area (Å²) in [5.41, 5.74) is 2.82. The SMILES string of the molecule is Cc1cccc(CNc2ccccc2Br)c1O. The molecule has 0 aliphatic heterocycles. The highest BCUT2D eigenvalue weighted by molar-refractivity contribution is 9.10. The Kier molecular flexibility index (Phi) is 3.69. The molecule has 17 heavy (non-hydrogen) atoms. The van der Waals surface area contributed by atoms with Crippen LogP contribution in [-0.4, -0.2) is 5.11 Å². The van der Waals surface area contributed by atoms with Crippen molar-refractivity contribution in [2.24, 2.45) is 0 Å². The molecule has 0 saturated heterocycles. The Morgan fingerprint density at radius 2 is 1.88 bits per heavy atom. The Hall–Kier alpha value is -1.48. The van der Waals surface area contributed by atoms with Crippen molar-refractivity contribution < 1.29 is 5.11 Å². The van der Waals surface area contributed by atoms with Crippen LogP contribution in [-0.2, 0) is 6.54 Å². The van der Waals surface area contributed by atoms with Crippen molar-refractivity contribution in [1.82, 2.24) is 0 Å². The van der Waals surface area contributed by atoms with Crippen LogP contribution in [0.3, 0.4) is 0 Å². The Balaban J connectivity index is 2.13. The van der Waals surface area contributed by atoms with E-state index >= 15 is 0 Å². The van der Waals surface area contributed by atoms with E-state index in [0.717, 1.165) is 21.3 Å². The number of para-hydroxylation sites is 2. The van der Waals surface area contributed by atoms with Gasteiger partial charge in [-0.1, -0.05) is 30.3 Å². The second-order valence-electron chi connectivity index (χ2n) is 3.92. The van der Waals surface area contributed by atoms with Gasteiger partial charge >= 0.3 is 0 Å². The first kappa shape index (κ1) is 12.0. The molecule has 0 fully saturated rings. The van der Waals surface area contributed by atoms with Gasteiger partial charge in [-0.3, -0.25) is 0 Å². The lowest BCUT2D eigenvalue weighted by Crippen LogP contribution is -2.00. The van der Waals surface area contributed by atoms with E-state index in [-0.39, 0.29) is 0 Å². The minimum absolute atomic E-state index is 0.368. The number of halogens is 1. The third-order valence-corrected chi connectivity index (χ3v) is 3.36. The standard InChI is InChI=1S/C14H14BrNO/c1-10-5-4-6-11(14(10)17)9-16-13-8-3-2-7-12(13)15/h2-8,16-17H,9H2,1H3. The molecule has 0 amide bonds. The van der Waals surface area contributed by atoms with Crippen molar-refractivity contribution >= 4 is 21.6 Å². The lowest BCUT2D eigenvalue weighted by atomic mass is 10.1. The highest BCUT2D eigenvalue weighted by Gasteiger charge is 2.04. The van der Waals surface area contributed by atoms with Crippen LogP contribution in [0, 0.1) is 6.92 Å². The fourth-order valence-electron chi connectivity index (χ4n) is 1.66. The molecule has 0 atom stereocenters. The molecule has 0 aliphatic rings. The van der Waals surface area contributed by atoms with E-state index in [1.165, 1.54) is 0 Å². The van der Waals surface area contributed by atoms with Crippen LogP contribution < -0.4 is 5.32 Å². The first-order chi connectivity index (χ1) is 8.18. The molecule has 2 nitrogen and oxygen atoms in total. The van der Waals surface area contributed by atoms with Crippen LogP contribution in [0.2, 0.25) is 0 Å². The van der Waals surface area contributed by atoms with Gasteiger partial charge in [-0.15, -0.1) is 0 Å². The monoisotopic (exact) mass is 291 g/mol. The van der Waals surface area contributed by atoms with Gasteiger partial charge in [0.1, 0.15) is 5.75 Å². The fraction of sp³-hybridized carbons (Fsp3) is 0.143. The number of phenols is 1. The van der Waals surface area contributed by atoms with Gasteiger partial charge in [0.2, 0.25) is 0 Å². The third-order valence-electron chi connectivity index (χ3n) is 2.66. The minimum Gasteiger partial charge on any atom is -0.507 e. The first-order valence-electron chi connectivity index (χ1n) is 5.44. The van der Waals surface area contributed by atoms with Crippen molar-refractivity contribution in [1.29, 1.82) is 0 Å². The summed E-state index contributed by atoms with van der Waals surface area (Å²) < 4.78 is 1.02. The summed E-state index contributed by atoms with van der Waals surface area (Å²) in [7, 11) is 0. The summed E-state index contributed by atoms with van der Waals surface area (Å²) in [6, 6.07) is 13.7. The lowest BCUT2D eigenvalue weighted by molar-refractivity contribution is 0.465. The van der Waals surface area contributed by atoms with Gasteiger partial charge in [0, 0.05) is 22.3 Å². The Morgan fingerprint density at radius 3 is 2.65 bits per heavy atom. The molecule has 88 valence electrons. The molecular formula is C14H14BrNO. The van der Waals surface area contributed by atoms with Crippen LogP contribution >= 0.6 is 15.9 Å². The summed E-state index contributed by atoms with van der Waals surface area (Å²) in [6.45, 7) is 2.51. The highest BCUT2D eigenvalue weighted by Crippen LogP contribution is 2.25. The van der Waals surface area contributed by atoms with E-state index in [0.29, 0.717) is 12.3 Å². The summed E-state index contributed by atoms with van der Waals surface area (Å²) in [5.74, 6) is 0.368. The van der Waals surface area contributed by atoms with Crippen molar-refractivity contribution in [3.8, 4) is 5.75 Å². The van der Waals surface area contributed by atoms with Gasteiger partial charge < -0.3 is 10.4 Å². The van der Waals surface area contributed by atoms with E-state index in [1.807, 2.05) is 49.4 Å². The van der Waals surface area contributed by atoms with E-state index in [2.05, 4.69) is 21.2 Å². The van der Waals surface area contributed by atoms with Crippen LogP contribution in [0.4, 0.5) is 5.69 Å². The van der Waals surface area contributed by atoms with Gasteiger partial charge in [0.05, 0.1) is 0 Å². The number of aromatic hydroxyl groups is 1. The molecule has 0 heterocycles. The number of aryl methyl sites for hydroxylation is 1. The average molecular weight is 292 g/mol. The molecule has 2 rings (SSSR count). The number of phenolic OH excluding ortho intramolecular Hbond substituents is 1. The van der Waals surface area contributed by atoms with Gasteiger partial charge in [-0.2, -0.15) is 0 Å². The Labute approximate surface area is 109 Å². The summed E-state index contributed by atoms with van der Waals surface area (Å²) in [5, 5.41) is 13.2. The second kappa shape index (κ2) is 5.23. The third kappa shape index (κ3) is 2.80. The largest absolute Gasteiger partial charge is 0.507 e. The molecule has 0 saturated carbocycles. The smallest absolute Gasteiger partial charge is 0.123 e. The number of hydrogen-bond acceptors (Lipinski definition) is 2. The fourth-order valence-corrected chi connectivity index (χ4v) is 2.08. The minimum atomic E-state index is 0.368. The Morgan fingerprint density at radius 1 is 1.12 bits per heavy atom. The predicted octanol–water partition coefficient (Wildman–Crippen LogP) is 4.08. The molecule has 3 heteroatoms. The Bertz CT molecular complexity index is 525. The molecule has 0 aromatic heterocycles. The van der Waals surface area contributed by atoms with E-state index in [4.69, 9.17) is 0 Å². The van der Waals surface area contributed by atoms with Crippen LogP contribution in [0.1, 0.15) is 11.1 Å². The van der Waals surface area contributed by atoms with E-state index in [9.17, 15) is 5.11 Å². The topological polar surface area (TPSA) is 32.3 Å². The van der Waals surface area contributed by atoms with Gasteiger partial charge in [0.15, 0.2) is 0 Å². The zero-order valence-electron chi connectivity index (χ0n) is 9.57.